The first-order chi connectivity index (χ1) is 12.2. The van der Waals surface area contributed by atoms with E-state index < -0.39 is 7.12 Å². The lowest BCUT2D eigenvalue weighted by Crippen LogP contribution is -2.38. The standard InChI is InChI=1S/C18H14BN3O3/c23-18(22-15-5-4-14-10-20-7-6-12(14)8-15)9-13-2-1-3-17-16(13)11-21-25-19(17)24/h1-8,10-11,24H,9H2,(H,22,23). The monoisotopic (exact) mass is 331 g/mol. The summed E-state index contributed by atoms with van der Waals surface area (Å²) < 4.78 is 4.82. The first-order valence-corrected chi connectivity index (χ1v) is 7.83. The van der Waals surface area contributed by atoms with Gasteiger partial charge in [-0.3, -0.25) is 9.78 Å². The zero-order valence-electron chi connectivity index (χ0n) is 13.2. The molecule has 2 aromatic carbocycles. The number of carbonyl (C=O) groups is 1. The maximum Gasteiger partial charge on any atom is 0.583 e. The van der Waals surface area contributed by atoms with Crippen LogP contribution in [0.4, 0.5) is 5.69 Å². The fraction of sp³-hybridized carbons (Fsp3) is 0.0556. The first kappa shape index (κ1) is 15.3. The Morgan fingerprint density at radius 2 is 2.12 bits per heavy atom. The van der Waals surface area contributed by atoms with Gasteiger partial charge in [0.2, 0.25) is 5.91 Å². The van der Waals surface area contributed by atoms with Gasteiger partial charge >= 0.3 is 7.12 Å². The van der Waals surface area contributed by atoms with Gasteiger partial charge in [0, 0.05) is 34.5 Å². The summed E-state index contributed by atoms with van der Waals surface area (Å²) in [6.45, 7) is 0. The average Bonchev–Trinajstić information content (AvgIpc) is 2.62. The summed E-state index contributed by atoms with van der Waals surface area (Å²) in [6.07, 6.45) is 5.20. The molecule has 0 atom stereocenters. The van der Waals surface area contributed by atoms with E-state index in [4.69, 9.17) is 4.76 Å². The molecule has 7 heteroatoms. The summed E-state index contributed by atoms with van der Waals surface area (Å²) >= 11 is 0. The lowest BCUT2D eigenvalue weighted by molar-refractivity contribution is -0.115. The lowest BCUT2D eigenvalue weighted by Gasteiger charge is -2.16. The zero-order valence-corrected chi connectivity index (χ0v) is 13.2. The number of fused-ring (bicyclic) bond motifs is 2. The Bertz CT molecular complexity index is 990. The van der Waals surface area contributed by atoms with Crippen LogP contribution in [0, 0.1) is 0 Å². The van der Waals surface area contributed by atoms with E-state index >= 15 is 0 Å². The highest BCUT2D eigenvalue weighted by molar-refractivity contribution is 6.62. The molecule has 2 N–H and O–H groups in total. The molecule has 0 bridgehead atoms. The van der Waals surface area contributed by atoms with Crippen LogP contribution in [0.1, 0.15) is 11.1 Å². The minimum Gasteiger partial charge on any atom is -0.427 e. The fourth-order valence-electron chi connectivity index (χ4n) is 2.90. The van der Waals surface area contributed by atoms with Crippen molar-refractivity contribution >= 4 is 41.2 Å². The SMILES string of the molecule is O=C(Cc1cccc2c1C=NOB2O)Nc1ccc2cnccc2c1. The number of pyridine rings is 1. The van der Waals surface area contributed by atoms with Crippen molar-refractivity contribution in [2.45, 2.75) is 6.42 Å². The predicted octanol–water partition coefficient (Wildman–Crippen LogP) is 1.47. The number of anilines is 1. The van der Waals surface area contributed by atoms with Crippen LogP contribution < -0.4 is 10.8 Å². The topological polar surface area (TPSA) is 83.8 Å². The Kier molecular flexibility index (Phi) is 3.91. The van der Waals surface area contributed by atoms with E-state index in [0.29, 0.717) is 5.46 Å². The Labute approximate surface area is 144 Å². The van der Waals surface area contributed by atoms with Crippen LogP contribution >= 0.6 is 0 Å². The molecule has 0 unspecified atom stereocenters. The third-order valence-electron chi connectivity index (χ3n) is 4.11. The second kappa shape index (κ2) is 6.37. The molecule has 1 amide bonds. The molecule has 6 nitrogen and oxygen atoms in total. The van der Waals surface area contributed by atoms with Crippen LogP contribution in [0.3, 0.4) is 0 Å². The van der Waals surface area contributed by atoms with E-state index in [0.717, 1.165) is 27.6 Å². The minimum atomic E-state index is -1.10. The smallest absolute Gasteiger partial charge is 0.427 e. The van der Waals surface area contributed by atoms with Gasteiger partial charge in [-0.15, -0.1) is 5.16 Å². The van der Waals surface area contributed by atoms with Crippen LogP contribution in [-0.2, 0) is 16.0 Å². The molecular weight excluding hydrogens is 317 g/mol. The van der Waals surface area contributed by atoms with Gasteiger partial charge in [-0.1, -0.05) is 24.3 Å². The van der Waals surface area contributed by atoms with Gasteiger partial charge in [0.05, 0.1) is 12.6 Å². The lowest BCUT2D eigenvalue weighted by atomic mass is 9.74. The second-order valence-electron chi connectivity index (χ2n) is 5.77. The largest absolute Gasteiger partial charge is 0.583 e. The number of amides is 1. The number of carbonyl (C=O) groups excluding carboxylic acids is 1. The summed E-state index contributed by atoms with van der Waals surface area (Å²) in [6, 6.07) is 13.0. The van der Waals surface area contributed by atoms with E-state index in [1.54, 1.807) is 24.5 Å². The molecule has 3 aromatic rings. The summed E-state index contributed by atoms with van der Waals surface area (Å²) in [7, 11) is -1.10. The van der Waals surface area contributed by atoms with Gasteiger partial charge in [0.25, 0.3) is 0 Å². The molecule has 0 spiro atoms. The number of aromatic nitrogens is 1. The van der Waals surface area contributed by atoms with Crippen molar-refractivity contribution in [3.8, 4) is 0 Å². The number of nitrogens with one attached hydrogen (secondary N) is 1. The average molecular weight is 331 g/mol. The van der Waals surface area contributed by atoms with Gasteiger partial charge in [0.15, 0.2) is 0 Å². The Morgan fingerprint density at radius 3 is 3.04 bits per heavy atom. The highest BCUT2D eigenvalue weighted by Crippen LogP contribution is 2.18. The van der Waals surface area contributed by atoms with E-state index in [1.807, 2.05) is 30.3 Å². The molecule has 0 saturated heterocycles. The fourth-order valence-corrected chi connectivity index (χ4v) is 2.90. The number of hydrogen-bond donors (Lipinski definition) is 2. The number of rotatable bonds is 3. The Hall–Kier alpha value is -3.19. The van der Waals surface area contributed by atoms with Gasteiger partial charge in [-0.05, 0) is 29.1 Å². The molecule has 1 aliphatic heterocycles. The Morgan fingerprint density at radius 1 is 1.20 bits per heavy atom. The highest BCUT2D eigenvalue weighted by Gasteiger charge is 2.26. The van der Waals surface area contributed by atoms with E-state index in [2.05, 4.69) is 15.5 Å². The van der Waals surface area contributed by atoms with Gasteiger partial charge < -0.3 is 15.1 Å². The first-order valence-electron chi connectivity index (χ1n) is 7.83. The third-order valence-corrected chi connectivity index (χ3v) is 4.11. The van der Waals surface area contributed by atoms with Crippen LogP contribution in [0.15, 0.2) is 60.0 Å². The summed E-state index contributed by atoms with van der Waals surface area (Å²) in [4.78, 5) is 16.5. The molecule has 0 radical (unpaired) electrons. The number of nitrogens with zero attached hydrogens (tertiary/aromatic N) is 2. The number of benzene rings is 2. The van der Waals surface area contributed by atoms with Crippen molar-refractivity contribution in [2.24, 2.45) is 5.16 Å². The highest BCUT2D eigenvalue weighted by atomic mass is 16.6. The molecule has 1 aliphatic rings. The summed E-state index contributed by atoms with van der Waals surface area (Å²) in [5.74, 6) is -0.142. The summed E-state index contributed by atoms with van der Waals surface area (Å²) in [5.41, 5.74) is 2.84. The van der Waals surface area contributed by atoms with Gasteiger partial charge in [-0.2, -0.15) is 0 Å². The molecule has 25 heavy (non-hydrogen) atoms. The third kappa shape index (κ3) is 3.09. The van der Waals surface area contributed by atoms with Crippen LogP contribution in [0.25, 0.3) is 10.8 Å². The van der Waals surface area contributed by atoms with E-state index in [-0.39, 0.29) is 12.3 Å². The zero-order chi connectivity index (χ0) is 17.2. The molecular formula is C18H14BN3O3. The van der Waals surface area contributed by atoms with Crippen molar-refractivity contribution in [3.05, 3.63) is 66.0 Å². The van der Waals surface area contributed by atoms with Crippen LogP contribution in [0.2, 0.25) is 0 Å². The normalized spacial score (nSPS) is 12.6. The maximum atomic E-state index is 12.4. The molecule has 0 fully saturated rings. The molecule has 0 aliphatic carbocycles. The van der Waals surface area contributed by atoms with Crippen LogP contribution in [-0.4, -0.2) is 29.2 Å². The summed E-state index contributed by atoms with van der Waals surface area (Å²) in [5, 5.41) is 18.4. The van der Waals surface area contributed by atoms with Crippen molar-refractivity contribution in [1.82, 2.24) is 4.98 Å². The molecule has 122 valence electrons. The van der Waals surface area contributed by atoms with Gasteiger partial charge in [-0.25, -0.2) is 0 Å². The van der Waals surface area contributed by atoms with Gasteiger partial charge in [0.1, 0.15) is 0 Å². The Balaban J connectivity index is 1.54. The van der Waals surface area contributed by atoms with Crippen LogP contribution in [0.5, 0.6) is 0 Å². The van der Waals surface area contributed by atoms with Crippen molar-refractivity contribution in [1.29, 1.82) is 0 Å². The van der Waals surface area contributed by atoms with Crippen molar-refractivity contribution < 1.29 is 14.6 Å². The molecule has 0 saturated carbocycles. The second-order valence-corrected chi connectivity index (χ2v) is 5.77. The van der Waals surface area contributed by atoms with E-state index in [9.17, 15) is 9.82 Å². The molecule has 2 heterocycles. The molecule has 4 rings (SSSR count). The van der Waals surface area contributed by atoms with E-state index in [1.165, 1.54) is 6.21 Å². The number of hydrogen-bond acceptors (Lipinski definition) is 5. The number of oxime groups is 1. The predicted molar refractivity (Wildman–Crippen MR) is 96.8 cm³/mol. The van der Waals surface area contributed by atoms with Crippen molar-refractivity contribution in [2.75, 3.05) is 5.32 Å². The maximum absolute atomic E-state index is 12.4. The quantitative estimate of drug-likeness (QED) is 0.712. The van der Waals surface area contributed by atoms with Crippen molar-refractivity contribution in [3.63, 3.8) is 0 Å². The minimum absolute atomic E-state index is 0.142. The molecule has 1 aromatic heterocycles.